The highest BCUT2D eigenvalue weighted by Gasteiger charge is 2.29. The Morgan fingerprint density at radius 3 is 2.85 bits per heavy atom. The molecule has 9 heteroatoms. The maximum Gasteiger partial charge on any atom is 0.254 e. The number of aromatic nitrogens is 2. The summed E-state index contributed by atoms with van der Waals surface area (Å²) in [4.78, 5) is 36.7. The summed E-state index contributed by atoms with van der Waals surface area (Å²) < 4.78 is 0. The van der Waals surface area contributed by atoms with E-state index in [1.54, 1.807) is 24.3 Å². The molecule has 0 saturated heterocycles. The summed E-state index contributed by atoms with van der Waals surface area (Å²) in [5.41, 5.74) is 0.887. The molecule has 3 N–H and O–H groups in total. The number of fused-ring (bicyclic) bond motifs is 1. The second kappa shape index (κ2) is 6.83. The molecule has 1 aliphatic heterocycles. The van der Waals surface area contributed by atoms with E-state index in [9.17, 15) is 14.4 Å². The van der Waals surface area contributed by atoms with E-state index < -0.39 is 6.04 Å². The fraction of sp³-hybridized carbons (Fsp3) is 0.353. The lowest BCUT2D eigenvalue weighted by molar-refractivity contribution is -0.118. The third kappa shape index (κ3) is 3.57. The molecule has 2 aliphatic rings. The van der Waals surface area contributed by atoms with Crippen molar-refractivity contribution in [2.24, 2.45) is 0 Å². The number of nitrogens with one attached hydrogen (secondary N) is 3. The number of benzene rings is 1. The van der Waals surface area contributed by atoms with Gasteiger partial charge in [0.25, 0.3) is 5.91 Å². The highest BCUT2D eigenvalue weighted by Crippen LogP contribution is 2.42. The summed E-state index contributed by atoms with van der Waals surface area (Å²) in [6.07, 6.45) is 2.54. The lowest BCUT2D eigenvalue weighted by atomic mass is 10.1. The van der Waals surface area contributed by atoms with E-state index in [1.807, 2.05) is 0 Å². The normalized spacial score (nSPS) is 19.2. The van der Waals surface area contributed by atoms with Crippen molar-refractivity contribution in [1.82, 2.24) is 15.5 Å². The average molecular weight is 371 g/mol. The van der Waals surface area contributed by atoms with Gasteiger partial charge in [0.15, 0.2) is 0 Å². The summed E-state index contributed by atoms with van der Waals surface area (Å²) in [6.45, 7) is 0. The molecule has 1 atom stereocenters. The zero-order valence-corrected chi connectivity index (χ0v) is 14.6. The van der Waals surface area contributed by atoms with Crippen molar-refractivity contribution in [2.45, 2.75) is 37.6 Å². The van der Waals surface area contributed by atoms with Crippen LogP contribution in [0.2, 0.25) is 0 Å². The molecule has 134 valence electrons. The molecule has 1 aromatic carbocycles. The number of para-hydroxylation sites is 1. The van der Waals surface area contributed by atoms with Crippen molar-refractivity contribution in [3.63, 3.8) is 0 Å². The van der Waals surface area contributed by atoms with E-state index in [0.717, 1.165) is 17.8 Å². The van der Waals surface area contributed by atoms with Crippen molar-refractivity contribution >= 4 is 39.9 Å². The van der Waals surface area contributed by atoms with Crippen molar-refractivity contribution < 1.29 is 14.4 Å². The van der Waals surface area contributed by atoms with Gasteiger partial charge in [-0.3, -0.25) is 14.4 Å². The topological polar surface area (TPSA) is 113 Å². The fourth-order valence-electron chi connectivity index (χ4n) is 2.75. The van der Waals surface area contributed by atoms with Gasteiger partial charge in [-0.05, 0) is 31.4 Å². The zero-order chi connectivity index (χ0) is 18.1. The molecule has 1 aliphatic carbocycles. The van der Waals surface area contributed by atoms with Crippen LogP contribution < -0.4 is 16.0 Å². The molecule has 3 amide bonds. The Kier molecular flexibility index (Phi) is 4.37. The first kappa shape index (κ1) is 16.6. The van der Waals surface area contributed by atoms with Gasteiger partial charge in [0, 0.05) is 12.3 Å². The Morgan fingerprint density at radius 1 is 1.23 bits per heavy atom. The van der Waals surface area contributed by atoms with Gasteiger partial charge >= 0.3 is 0 Å². The Bertz CT molecular complexity index is 877. The highest BCUT2D eigenvalue weighted by molar-refractivity contribution is 7.15. The largest absolute Gasteiger partial charge is 0.340 e. The van der Waals surface area contributed by atoms with Gasteiger partial charge < -0.3 is 16.0 Å². The molecule has 1 aromatic heterocycles. The molecule has 1 fully saturated rings. The molecule has 0 unspecified atom stereocenters. The van der Waals surface area contributed by atoms with Crippen molar-refractivity contribution in [1.29, 1.82) is 0 Å². The molecule has 2 aromatic rings. The number of anilines is 2. The quantitative estimate of drug-likeness (QED) is 0.743. The van der Waals surface area contributed by atoms with Gasteiger partial charge in [-0.25, -0.2) is 0 Å². The molecule has 0 spiro atoms. The highest BCUT2D eigenvalue weighted by atomic mass is 32.1. The molecule has 8 nitrogen and oxygen atoms in total. The van der Waals surface area contributed by atoms with Crippen LogP contribution in [0, 0.1) is 0 Å². The summed E-state index contributed by atoms with van der Waals surface area (Å²) in [7, 11) is 0. The third-order valence-electron chi connectivity index (χ3n) is 4.33. The second-order valence-corrected chi connectivity index (χ2v) is 7.38. The van der Waals surface area contributed by atoms with Crippen LogP contribution in [-0.2, 0) is 9.59 Å². The predicted octanol–water partition coefficient (Wildman–Crippen LogP) is 1.88. The van der Waals surface area contributed by atoms with E-state index in [-0.39, 0.29) is 30.6 Å². The maximum atomic E-state index is 12.3. The van der Waals surface area contributed by atoms with Crippen molar-refractivity contribution in [3.05, 3.63) is 34.8 Å². The van der Waals surface area contributed by atoms with Crippen molar-refractivity contribution in [3.8, 4) is 0 Å². The number of hydrogen-bond acceptors (Lipinski definition) is 6. The number of rotatable bonds is 5. The second-order valence-electron chi connectivity index (χ2n) is 6.37. The van der Waals surface area contributed by atoms with Gasteiger partial charge in [0.05, 0.1) is 11.3 Å². The van der Waals surface area contributed by atoms with Gasteiger partial charge in [-0.15, -0.1) is 10.2 Å². The molecule has 0 radical (unpaired) electrons. The number of amides is 3. The molecule has 0 bridgehead atoms. The van der Waals surface area contributed by atoms with Crippen LogP contribution >= 0.6 is 11.3 Å². The molecular formula is C17H17N5O3S. The summed E-state index contributed by atoms with van der Waals surface area (Å²) >= 11 is 1.39. The Balaban J connectivity index is 1.34. The Hall–Kier alpha value is -2.81. The van der Waals surface area contributed by atoms with Crippen LogP contribution in [0.3, 0.4) is 0 Å². The van der Waals surface area contributed by atoms with E-state index in [2.05, 4.69) is 26.1 Å². The smallest absolute Gasteiger partial charge is 0.254 e. The minimum Gasteiger partial charge on any atom is -0.340 e. The van der Waals surface area contributed by atoms with E-state index in [1.165, 1.54) is 11.3 Å². The molecule has 4 rings (SSSR count). The van der Waals surface area contributed by atoms with Crippen LogP contribution in [0.4, 0.5) is 10.8 Å². The number of hydrogen-bond donors (Lipinski definition) is 3. The van der Waals surface area contributed by atoms with Gasteiger partial charge in [-0.1, -0.05) is 23.5 Å². The van der Waals surface area contributed by atoms with Gasteiger partial charge in [-0.2, -0.15) is 0 Å². The summed E-state index contributed by atoms with van der Waals surface area (Å²) in [6, 6.07) is 6.04. The van der Waals surface area contributed by atoms with Crippen molar-refractivity contribution in [2.75, 3.05) is 10.6 Å². The Morgan fingerprint density at radius 2 is 2.04 bits per heavy atom. The Labute approximate surface area is 153 Å². The van der Waals surface area contributed by atoms with Gasteiger partial charge in [0.1, 0.15) is 11.0 Å². The van der Waals surface area contributed by atoms with Crippen LogP contribution in [0.15, 0.2) is 24.3 Å². The SMILES string of the molecule is O=C(CC[C@@H]1NC(=O)c2ccccc2NC1=O)Nc1nnc(C2CC2)s1. The molecular weight excluding hydrogens is 354 g/mol. The molecule has 1 saturated carbocycles. The lowest BCUT2D eigenvalue weighted by Crippen LogP contribution is -2.41. The first-order valence-corrected chi connectivity index (χ1v) is 9.26. The minimum atomic E-state index is -0.767. The van der Waals surface area contributed by atoms with Gasteiger partial charge in [0.2, 0.25) is 16.9 Å². The average Bonchev–Trinajstić information content (AvgIpc) is 3.39. The van der Waals surface area contributed by atoms with E-state index >= 15 is 0 Å². The maximum absolute atomic E-state index is 12.3. The third-order valence-corrected chi connectivity index (χ3v) is 5.33. The predicted molar refractivity (Wildman–Crippen MR) is 96.1 cm³/mol. The molecule has 2 heterocycles. The lowest BCUT2D eigenvalue weighted by Gasteiger charge is -2.13. The number of carbonyl (C=O) groups is 3. The zero-order valence-electron chi connectivity index (χ0n) is 13.8. The standard InChI is InChI=1S/C17H17N5O3S/c23-13(20-17-22-21-16(26-17)9-5-6-9)8-7-12-15(25)18-11-4-2-1-3-10(11)14(24)19-12/h1-4,9,12H,5-8H2,(H,18,25)(H,19,24)(H,20,22,23)/t12-/m0/s1. The van der Waals surface area contributed by atoms with Crippen LogP contribution in [-0.4, -0.2) is 34.0 Å². The van der Waals surface area contributed by atoms with E-state index in [4.69, 9.17) is 0 Å². The monoisotopic (exact) mass is 371 g/mol. The number of carbonyl (C=O) groups excluding carboxylic acids is 3. The first-order valence-electron chi connectivity index (χ1n) is 8.44. The minimum absolute atomic E-state index is 0.0903. The fourth-order valence-corrected chi connectivity index (χ4v) is 3.68. The van der Waals surface area contributed by atoms with Crippen LogP contribution in [0.1, 0.15) is 47.0 Å². The van der Waals surface area contributed by atoms with Crippen LogP contribution in [0.25, 0.3) is 0 Å². The number of nitrogens with zero attached hydrogens (tertiary/aromatic N) is 2. The van der Waals surface area contributed by atoms with Crippen LogP contribution in [0.5, 0.6) is 0 Å². The van der Waals surface area contributed by atoms with E-state index in [0.29, 0.717) is 22.3 Å². The summed E-state index contributed by atoms with van der Waals surface area (Å²) in [5, 5.41) is 17.6. The summed E-state index contributed by atoms with van der Waals surface area (Å²) in [5.74, 6) is -0.428. The molecule has 26 heavy (non-hydrogen) atoms. The first-order chi connectivity index (χ1) is 12.6.